The highest BCUT2D eigenvalue weighted by Crippen LogP contribution is 1.95. The van der Waals surface area contributed by atoms with Gasteiger partial charge in [-0.1, -0.05) is 6.08 Å². The van der Waals surface area contributed by atoms with Crippen LogP contribution in [0, 0.1) is 0 Å². The monoisotopic (exact) mass is 129 g/mol. The standard InChI is InChI=1S/C5H7NO3/c7-5(8)4-2-1-3-6-9-4/h1-2,4,6H,3H2,(H,7,8)/t4-/m0/s1. The average Bonchev–Trinajstić information content (AvgIpc) is 1.90. The largest absolute Gasteiger partial charge is 0.479 e. The smallest absolute Gasteiger partial charge is 0.339 e. The van der Waals surface area contributed by atoms with E-state index in [1.807, 2.05) is 0 Å². The Labute approximate surface area is 52.1 Å². The summed E-state index contributed by atoms with van der Waals surface area (Å²) in [5, 5.41) is 8.32. The first-order valence-corrected chi connectivity index (χ1v) is 2.58. The average molecular weight is 129 g/mol. The fourth-order valence-electron chi connectivity index (χ4n) is 0.550. The number of carboxylic acids is 1. The molecule has 0 bridgehead atoms. The van der Waals surface area contributed by atoms with Crippen molar-refractivity contribution in [2.75, 3.05) is 6.54 Å². The van der Waals surface area contributed by atoms with Gasteiger partial charge in [-0.25, -0.2) is 4.79 Å². The van der Waals surface area contributed by atoms with E-state index in [4.69, 9.17) is 5.11 Å². The Morgan fingerprint density at radius 1 is 1.89 bits per heavy atom. The van der Waals surface area contributed by atoms with E-state index in [9.17, 15) is 4.79 Å². The van der Waals surface area contributed by atoms with Gasteiger partial charge in [0.05, 0.1) is 0 Å². The number of hydrogen-bond acceptors (Lipinski definition) is 3. The summed E-state index contributed by atoms with van der Waals surface area (Å²) < 4.78 is 0. The van der Waals surface area contributed by atoms with E-state index >= 15 is 0 Å². The molecule has 2 N–H and O–H groups in total. The number of hydroxylamine groups is 1. The van der Waals surface area contributed by atoms with Gasteiger partial charge in [0.25, 0.3) is 0 Å². The van der Waals surface area contributed by atoms with Crippen molar-refractivity contribution >= 4 is 5.97 Å². The summed E-state index contributed by atoms with van der Waals surface area (Å²) in [5.41, 5.74) is 2.45. The maximum Gasteiger partial charge on any atom is 0.339 e. The summed E-state index contributed by atoms with van der Waals surface area (Å²) in [6.07, 6.45) is 2.39. The molecule has 4 nitrogen and oxygen atoms in total. The summed E-state index contributed by atoms with van der Waals surface area (Å²) in [7, 11) is 0. The molecule has 1 heterocycles. The molecule has 4 heteroatoms. The Morgan fingerprint density at radius 3 is 3.00 bits per heavy atom. The molecule has 0 fully saturated rings. The molecule has 0 unspecified atom stereocenters. The van der Waals surface area contributed by atoms with Crippen LogP contribution in [-0.2, 0) is 9.63 Å². The van der Waals surface area contributed by atoms with Crippen LogP contribution < -0.4 is 5.48 Å². The zero-order valence-electron chi connectivity index (χ0n) is 4.70. The lowest BCUT2D eigenvalue weighted by Crippen LogP contribution is -2.32. The lowest BCUT2D eigenvalue weighted by atomic mass is 10.3. The molecule has 0 radical (unpaired) electrons. The Bertz CT molecular complexity index is 143. The van der Waals surface area contributed by atoms with E-state index in [0.717, 1.165) is 0 Å². The van der Waals surface area contributed by atoms with Crippen LogP contribution in [0.3, 0.4) is 0 Å². The third-order valence-corrected chi connectivity index (χ3v) is 0.966. The van der Waals surface area contributed by atoms with Crippen molar-refractivity contribution in [2.24, 2.45) is 0 Å². The summed E-state index contributed by atoms with van der Waals surface area (Å²) in [5.74, 6) is -0.974. The third-order valence-electron chi connectivity index (χ3n) is 0.966. The molecule has 0 amide bonds. The molecule has 1 atom stereocenters. The fraction of sp³-hybridized carbons (Fsp3) is 0.400. The van der Waals surface area contributed by atoms with Crippen molar-refractivity contribution < 1.29 is 14.7 Å². The molecule has 0 saturated carbocycles. The van der Waals surface area contributed by atoms with Crippen LogP contribution >= 0.6 is 0 Å². The highest BCUT2D eigenvalue weighted by atomic mass is 16.7. The van der Waals surface area contributed by atoms with Crippen LogP contribution in [0.4, 0.5) is 0 Å². The Balaban J connectivity index is 2.50. The van der Waals surface area contributed by atoms with Gasteiger partial charge in [0.15, 0.2) is 6.10 Å². The first-order valence-electron chi connectivity index (χ1n) is 2.58. The summed E-state index contributed by atoms with van der Waals surface area (Å²) in [6.45, 7) is 0.573. The van der Waals surface area contributed by atoms with E-state index in [0.29, 0.717) is 6.54 Å². The van der Waals surface area contributed by atoms with E-state index < -0.39 is 12.1 Å². The van der Waals surface area contributed by atoms with Gasteiger partial charge in [0, 0.05) is 6.54 Å². The topological polar surface area (TPSA) is 58.6 Å². The maximum atomic E-state index is 10.1. The highest BCUT2D eigenvalue weighted by Gasteiger charge is 2.15. The van der Waals surface area contributed by atoms with Crippen LogP contribution in [0.25, 0.3) is 0 Å². The zero-order valence-corrected chi connectivity index (χ0v) is 4.70. The van der Waals surface area contributed by atoms with Gasteiger partial charge in [-0.2, -0.15) is 5.48 Å². The van der Waals surface area contributed by atoms with Crippen molar-refractivity contribution in [3.63, 3.8) is 0 Å². The predicted molar refractivity (Wildman–Crippen MR) is 29.7 cm³/mol. The van der Waals surface area contributed by atoms with Gasteiger partial charge in [0.1, 0.15) is 0 Å². The normalized spacial score (nSPS) is 26.0. The minimum Gasteiger partial charge on any atom is -0.479 e. The lowest BCUT2D eigenvalue weighted by Gasteiger charge is -2.12. The molecule has 0 spiro atoms. The summed E-state index contributed by atoms with van der Waals surface area (Å²) in [6, 6.07) is 0. The Kier molecular flexibility index (Phi) is 1.81. The van der Waals surface area contributed by atoms with Gasteiger partial charge in [0.2, 0.25) is 0 Å². The predicted octanol–water partition coefficient (Wildman–Crippen LogP) is -0.469. The van der Waals surface area contributed by atoms with Crippen molar-refractivity contribution in [1.29, 1.82) is 0 Å². The molecule has 1 aliphatic rings. The number of hydrogen-bond donors (Lipinski definition) is 2. The number of nitrogens with one attached hydrogen (secondary N) is 1. The molecule has 1 aliphatic heterocycles. The fourth-order valence-corrected chi connectivity index (χ4v) is 0.550. The van der Waals surface area contributed by atoms with Gasteiger partial charge in [-0.3, -0.25) is 4.84 Å². The minimum absolute atomic E-state index is 0.573. The van der Waals surface area contributed by atoms with Gasteiger partial charge in [-0.15, -0.1) is 0 Å². The summed E-state index contributed by atoms with van der Waals surface area (Å²) >= 11 is 0. The molecule has 0 saturated heterocycles. The lowest BCUT2D eigenvalue weighted by molar-refractivity contribution is -0.152. The van der Waals surface area contributed by atoms with E-state index in [1.54, 1.807) is 6.08 Å². The maximum absolute atomic E-state index is 10.1. The zero-order chi connectivity index (χ0) is 6.69. The van der Waals surface area contributed by atoms with Crippen molar-refractivity contribution in [2.45, 2.75) is 6.10 Å². The minimum atomic E-state index is -0.974. The number of carbonyl (C=O) groups is 1. The van der Waals surface area contributed by atoms with Crippen LogP contribution in [0.2, 0.25) is 0 Å². The molecular formula is C5H7NO3. The first kappa shape index (κ1) is 6.25. The second-order valence-corrected chi connectivity index (χ2v) is 1.65. The van der Waals surface area contributed by atoms with Crippen molar-refractivity contribution in [3.05, 3.63) is 12.2 Å². The van der Waals surface area contributed by atoms with E-state index in [2.05, 4.69) is 10.3 Å². The van der Waals surface area contributed by atoms with Gasteiger partial charge < -0.3 is 5.11 Å². The van der Waals surface area contributed by atoms with Crippen molar-refractivity contribution in [1.82, 2.24) is 5.48 Å². The van der Waals surface area contributed by atoms with Crippen LogP contribution in [0.5, 0.6) is 0 Å². The molecule has 50 valence electrons. The second-order valence-electron chi connectivity index (χ2n) is 1.65. The molecule has 9 heavy (non-hydrogen) atoms. The SMILES string of the molecule is O=C(O)[C@@H]1C=CCNO1. The van der Waals surface area contributed by atoms with Gasteiger partial charge >= 0.3 is 5.97 Å². The third kappa shape index (κ3) is 1.51. The second kappa shape index (κ2) is 2.61. The van der Waals surface area contributed by atoms with E-state index in [1.165, 1.54) is 6.08 Å². The van der Waals surface area contributed by atoms with Crippen molar-refractivity contribution in [3.8, 4) is 0 Å². The molecule has 1 rings (SSSR count). The van der Waals surface area contributed by atoms with Crippen LogP contribution in [0.15, 0.2) is 12.2 Å². The molecular weight excluding hydrogens is 122 g/mol. The Hall–Kier alpha value is -0.870. The number of aliphatic carboxylic acids is 1. The first-order chi connectivity index (χ1) is 4.30. The molecule has 0 aromatic rings. The quantitative estimate of drug-likeness (QED) is 0.470. The molecule has 0 aromatic carbocycles. The van der Waals surface area contributed by atoms with Crippen LogP contribution in [-0.4, -0.2) is 23.7 Å². The highest BCUT2D eigenvalue weighted by molar-refractivity contribution is 5.74. The Morgan fingerprint density at radius 2 is 2.67 bits per heavy atom. The van der Waals surface area contributed by atoms with Gasteiger partial charge in [-0.05, 0) is 6.08 Å². The number of rotatable bonds is 1. The van der Waals surface area contributed by atoms with Crippen LogP contribution in [0.1, 0.15) is 0 Å². The summed E-state index contributed by atoms with van der Waals surface area (Å²) in [4.78, 5) is 14.7. The molecule has 0 aliphatic carbocycles. The van der Waals surface area contributed by atoms with E-state index in [-0.39, 0.29) is 0 Å². The molecule has 0 aromatic heterocycles. The number of carboxylic acid groups (broad SMARTS) is 1.